The summed E-state index contributed by atoms with van der Waals surface area (Å²) in [7, 11) is 0. The first-order chi connectivity index (χ1) is 8.90. The number of aliphatic hydroxyl groups excluding tert-OH is 1. The van der Waals surface area contributed by atoms with Crippen LogP contribution in [0.15, 0.2) is 0 Å². The summed E-state index contributed by atoms with van der Waals surface area (Å²) < 4.78 is 0. The summed E-state index contributed by atoms with van der Waals surface area (Å²) >= 11 is 0. The van der Waals surface area contributed by atoms with E-state index in [4.69, 9.17) is 5.84 Å². The fourth-order valence-electron chi connectivity index (χ4n) is 1.55. The van der Waals surface area contributed by atoms with Crippen LogP contribution in [0.1, 0.15) is 19.5 Å². The van der Waals surface area contributed by atoms with Crippen molar-refractivity contribution in [3.05, 3.63) is 15.8 Å². The van der Waals surface area contributed by atoms with Gasteiger partial charge in [0.1, 0.15) is 5.69 Å². The summed E-state index contributed by atoms with van der Waals surface area (Å²) in [5.41, 5.74) is 2.21. The third kappa shape index (κ3) is 3.48. The molecular formula is C10H18N6O3. The van der Waals surface area contributed by atoms with Crippen molar-refractivity contribution in [2.45, 2.75) is 26.8 Å². The molecule has 0 amide bonds. The Labute approximate surface area is 110 Å². The Morgan fingerprint density at radius 3 is 2.53 bits per heavy atom. The zero-order valence-electron chi connectivity index (χ0n) is 11.0. The predicted molar refractivity (Wildman–Crippen MR) is 70.6 cm³/mol. The molecule has 19 heavy (non-hydrogen) atoms. The standard InChI is InChI=1S/C10H18N6O3/c1-5(2)7(4-17)13-9-8(16(18)19)6(3)12-10(14-9)15-11/h5,7,17H,4,11H2,1-3H3,(H2,12,13,14,15). The molecule has 1 atom stereocenters. The van der Waals surface area contributed by atoms with Gasteiger partial charge >= 0.3 is 5.69 Å². The van der Waals surface area contributed by atoms with Gasteiger partial charge in [-0.1, -0.05) is 13.8 Å². The summed E-state index contributed by atoms with van der Waals surface area (Å²) in [5.74, 6) is 5.41. The van der Waals surface area contributed by atoms with Crippen LogP contribution in [0.25, 0.3) is 0 Å². The van der Waals surface area contributed by atoms with E-state index in [0.717, 1.165) is 0 Å². The van der Waals surface area contributed by atoms with Gasteiger partial charge in [0.15, 0.2) is 0 Å². The van der Waals surface area contributed by atoms with Gasteiger partial charge in [0.05, 0.1) is 17.6 Å². The lowest BCUT2D eigenvalue weighted by molar-refractivity contribution is -0.385. The second-order valence-corrected chi connectivity index (χ2v) is 4.41. The lowest BCUT2D eigenvalue weighted by atomic mass is 10.1. The molecule has 0 aromatic carbocycles. The third-order valence-corrected chi connectivity index (χ3v) is 2.69. The second kappa shape index (κ2) is 6.25. The first kappa shape index (κ1) is 15.1. The average molecular weight is 270 g/mol. The third-order valence-electron chi connectivity index (χ3n) is 2.69. The Bertz CT molecular complexity index is 465. The number of nitrogens with zero attached hydrogens (tertiary/aromatic N) is 3. The number of aromatic nitrogens is 2. The number of nitrogen functional groups attached to an aromatic ring is 1. The van der Waals surface area contributed by atoms with Crippen molar-refractivity contribution in [2.24, 2.45) is 11.8 Å². The van der Waals surface area contributed by atoms with E-state index in [1.807, 2.05) is 13.8 Å². The van der Waals surface area contributed by atoms with E-state index in [1.54, 1.807) is 0 Å². The number of anilines is 2. The van der Waals surface area contributed by atoms with Crippen LogP contribution in [0.5, 0.6) is 0 Å². The molecule has 106 valence electrons. The lowest BCUT2D eigenvalue weighted by Crippen LogP contribution is -2.30. The second-order valence-electron chi connectivity index (χ2n) is 4.41. The minimum Gasteiger partial charge on any atom is -0.394 e. The van der Waals surface area contributed by atoms with Gasteiger partial charge in [0, 0.05) is 0 Å². The highest BCUT2D eigenvalue weighted by molar-refractivity contribution is 5.61. The summed E-state index contributed by atoms with van der Waals surface area (Å²) in [6, 6.07) is -0.348. The Morgan fingerprint density at radius 1 is 1.47 bits per heavy atom. The SMILES string of the molecule is Cc1nc(NN)nc(NC(CO)C(C)C)c1[N+](=O)[O-]. The Balaban J connectivity index is 3.22. The van der Waals surface area contributed by atoms with E-state index in [1.165, 1.54) is 6.92 Å². The Hall–Kier alpha value is -2.00. The number of aryl methyl sites for hydroxylation is 1. The highest BCUT2D eigenvalue weighted by Gasteiger charge is 2.24. The van der Waals surface area contributed by atoms with Crippen molar-refractivity contribution in [2.75, 3.05) is 17.3 Å². The smallest absolute Gasteiger partial charge is 0.332 e. The molecule has 0 aliphatic heterocycles. The molecule has 0 bridgehead atoms. The van der Waals surface area contributed by atoms with Gasteiger partial charge in [-0.2, -0.15) is 4.98 Å². The molecule has 0 aliphatic rings. The number of hydrogen-bond donors (Lipinski definition) is 4. The summed E-state index contributed by atoms with van der Waals surface area (Å²) in [6.45, 7) is 5.10. The van der Waals surface area contributed by atoms with E-state index >= 15 is 0 Å². The molecule has 0 aliphatic carbocycles. The number of hydrazine groups is 1. The van der Waals surface area contributed by atoms with Crippen LogP contribution in [-0.4, -0.2) is 32.6 Å². The molecule has 1 unspecified atom stereocenters. The Morgan fingerprint density at radius 2 is 2.11 bits per heavy atom. The molecular weight excluding hydrogens is 252 g/mol. The van der Waals surface area contributed by atoms with Crippen LogP contribution in [-0.2, 0) is 0 Å². The molecule has 0 radical (unpaired) electrons. The first-order valence-corrected chi connectivity index (χ1v) is 5.77. The number of rotatable bonds is 6. The van der Waals surface area contributed by atoms with Crippen LogP contribution in [0.2, 0.25) is 0 Å². The number of nitrogens with two attached hydrogens (primary N) is 1. The van der Waals surface area contributed by atoms with Gasteiger partial charge in [-0.25, -0.2) is 10.8 Å². The topological polar surface area (TPSA) is 139 Å². The molecule has 5 N–H and O–H groups in total. The first-order valence-electron chi connectivity index (χ1n) is 5.77. The molecule has 1 rings (SSSR count). The van der Waals surface area contributed by atoms with Gasteiger partial charge in [-0.15, -0.1) is 0 Å². The van der Waals surface area contributed by atoms with E-state index in [-0.39, 0.29) is 41.7 Å². The lowest BCUT2D eigenvalue weighted by Gasteiger charge is -2.20. The molecule has 1 heterocycles. The number of nitro groups is 1. The predicted octanol–water partition coefficient (Wildman–Crippen LogP) is 0.408. The van der Waals surface area contributed by atoms with Crippen LogP contribution < -0.4 is 16.6 Å². The van der Waals surface area contributed by atoms with Gasteiger partial charge < -0.3 is 10.4 Å². The van der Waals surface area contributed by atoms with Crippen LogP contribution in [0.3, 0.4) is 0 Å². The molecule has 0 saturated heterocycles. The number of hydrogen-bond acceptors (Lipinski definition) is 8. The highest BCUT2D eigenvalue weighted by Crippen LogP contribution is 2.27. The van der Waals surface area contributed by atoms with E-state index in [9.17, 15) is 15.2 Å². The minimum absolute atomic E-state index is 0.0400. The summed E-state index contributed by atoms with van der Waals surface area (Å²) in [4.78, 5) is 18.3. The van der Waals surface area contributed by atoms with Crippen molar-refractivity contribution in [1.82, 2.24) is 9.97 Å². The van der Waals surface area contributed by atoms with Crippen molar-refractivity contribution < 1.29 is 10.0 Å². The Kier molecular flexibility index (Phi) is 4.95. The van der Waals surface area contributed by atoms with Gasteiger partial charge in [0.25, 0.3) is 0 Å². The summed E-state index contributed by atoms with van der Waals surface area (Å²) in [6.07, 6.45) is 0. The van der Waals surface area contributed by atoms with E-state index < -0.39 is 4.92 Å². The molecule has 0 fully saturated rings. The van der Waals surface area contributed by atoms with Crippen molar-refractivity contribution in [1.29, 1.82) is 0 Å². The quantitative estimate of drug-likeness (QED) is 0.331. The largest absolute Gasteiger partial charge is 0.394 e. The van der Waals surface area contributed by atoms with E-state index in [2.05, 4.69) is 20.7 Å². The fourth-order valence-corrected chi connectivity index (χ4v) is 1.55. The monoisotopic (exact) mass is 270 g/mol. The van der Waals surface area contributed by atoms with Gasteiger partial charge in [0.2, 0.25) is 11.8 Å². The molecule has 1 aromatic rings. The summed E-state index contributed by atoms with van der Waals surface area (Å²) in [5, 5.41) is 23.2. The fraction of sp³-hybridized carbons (Fsp3) is 0.600. The molecule has 9 nitrogen and oxygen atoms in total. The van der Waals surface area contributed by atoms with Crippen molar-refractivity contribution >= 4 is 17.5 Å². The molecule has 0 spiro atoms. The van der Waals surface area contributed by atoms with Crippen LogP contribution in [0.4, 0.5) is 17.5 Å². The van der Waals surface area contributed by atoms with Crippen LogP contribution >= 0.6 is 0 Å². The molecule has 1 aromatic heterocycles. The van der Waals surface area contributed by atoms with Gasteiger partial charge in [-0.3, -0.25) is 15.5 Å². The zero-order chi connectivity index (χ0) is 14.6. The molecule has 0 saturated carbocycles. The maximum atomic E-state index is 11.1. The van der Waals surface area contributed by atoms with Crippen LogP contribution in [0, 0.1) is 23.0 Å². The maximum absolute atomic E-state index is 11.1. The van der Waals surface area contributed by atoms with Crippen molar-refractivity contribution in [3.63, 3.8) is 0 Å². The number of aliphatic hydroxyl groups is 1. The molecule has 9 heteroatoms. The number of nitrogens with one attached hydrogen (secondary N) is 2. The zero-order valence-corrected chi connectivity index (χ0v) is 11.0. The highest BCUT2D eigenvalue weighted by atomic mass is 16.6. The normalized spacial score (nSPS) is 12.3. The van der Waals surface area contributed by atoms with Gasteiger partial charge in [-0.05, 0) is 12.8 Å². The van der Waals surface area contributed by atoms with Crippen molar-refractivity contribution in [3.8, 4) is 0 Å². The van der Waals surface area contributed by atoms with E-state index in [0.29, 0.717) is 0 Å². The average Bonchev–Trinajstić information content (AvgIpc) is 2.34. The minimum atomic E-state index is -0.563. The maximum Gasteiger partial charge on any atom is 0.332 e.